The molecule has 0 nitrogen and oxygen atoms in total. The Kier molecular flexibility index (Phi) is 20.4. The van der Waals surface area contributed by atoms with Crippen LogP contribution in [0, 0.1) is 0 Å². The van der Waals surface area contributed by atoms with E-state index in [-0.39, 0.29) is 17.4 Å². The van der Waals surface area contributed by atoms with Crippen LogP contribution >= 0.6 is 0 Å². The zero-order valence-corrected chi connectivity index (χ0v) is 6.73. The van der Waals surface area contributed by atoms with E-state index in [0.717, 1.165) is 9.52 Å². The molecule has 0 aliphatic rings. The first-order chi connectivity index (χ1) is 1.41. The minimum atomic E-state index is 0. The minimum Gasteiger partial charge on any atom is -0.0743 e. The Balaban J connectivity index is 0. The highest BCUT2D eigenvalue weighted by atomic mass is 28.2. The maximum absolute atomic E-state index is 2.21. The number of hydrogen-bond acceptors (Lipinski definition) is 0. The summed E-state index contributed by atoms with van der Waals surface area (Å²) in [5.41, 5.74) is 0. The summed E-state index contributed by atoms with van der Waals surface area (Å²) in [7, 11) is 0.750. The molecule has 2 radical (unpaired) electrons. The summed E-state index contributed by atoms with van der Waals surface area (Å²) >= 11 is 0. The van der Waals surface area contributed by atoms with E-state index in [2.05, 4.69) is 13.1 Å². The molecule has 0 N–H and O–H groups in total. The topological polar surface area (TPSA) is 0 Å². The fraction of sp³-hybridized carbons (Fsp3) is 1.00. The van der Waals surface area contributed by atoms with Gasteiger partial charge in [-0.2, -0.15) is 0 Å². The van der Waals surface area contributed by atoms with Crippen LogP contribution in [-0.4, -0.2) is 26.9 Å². The lowest BCUT2D eigenvalue weighted by Gasteiger charge is -1.44. The van der Waals surface area contributed by atoms with Crippen LogP contribution in [0.3, 0.4) is 0 Å². The zero-order valence-electron chi connectivity index (χ0n) is 3.58. The Morgan fingerprint density at radius 3 is 1.25 bits per heavy atom. The van der Waals surface area contributed by atoms with Crippen LogP contribution in [0.1, 0.15) is 0 Å². The van der Waals surface area contributed by atoms with Gasteiger partial charge < -0.3 is 0 Å². The second-order valence-electron chi connectivity index (χ2n) is 0.577. The van der Waals surface area contributed by atoms with Crippen molar-refractivity contribution < 1.29 is 0 Å². The first-order valence-corrected chi connectivity index (χ1v) is 3.46. The van der Waals surface area contributed by atoms with E-state index >= 15 is 0 Å². The predicted molar refractivity (Wildman–Crippen MR) is 27.4 cm³/mol. The highest BCUT2D eigenvalue weighted by Gasteiger charge is 1.39. The van der Waals surface area contributed by atoms with Gasteiger partial charge in [0.15, 0.2) is 0 Å². The maximum atomic E-state index is 2.21. The molecule has 0 aliphatic carbocycles. The normalized spacial score (nSPS) is 4.50. The van der Waals surface area contributed by atoms with Crippen LogP contribution in [0.15, 0.2) is 0 Å². The van der Waals surface area contributed by atoms with E-state index in [1.54, 1.807) is 0 Å². The van der Waals surface area contributed by atoms with Crippen molar-refractivity contribution in [3.05, 3.63) is 0 Å². The molecule has 0 unspecified atom stereocenters. The summed E-state index contributed by atoms with van der Waals surface area (Å²) in [6.45, 7) is 4.42. The van der Waals surface area contributed by atoms with Crippen LogP contribution in [-0.2, 0) is 0 Å². The van der Waals surface area contributed by atoms with Crippen molar-refractivity contribution in [2.75, 3.05) is 0 Å². The molecule has 0 rings (SSSR count). The molecule has 0 heterocycles. The fourth-order valence-corrected chi connectivity index (χ4v) is 0. The van der Waals surface area contributed by atoms with E-state index < -0.39 is 0 Å². The van der Waals surface area contributed by atoms with Gasteiger partial charge in [-0.3, -0.25) is 0 Å². The van der Waals surface area contributed by atoms with Crippen LogP contribution in [0.2, 0.25) is 13.1 Å². The second-order valence-corrected chi connectivity index (χ2v) is 1.73. The van der Waals surface area contributed by atoms with Gasteiger partial charge >= 0.3 is 0 Å². The quantitative estimate of drug-likeness (QED) is 0.354. The molecule has 0 aliphatic heterocycles. The van der Waals surface area contributed by atoms with Crippen molar-refractivity contribution >= 4 is 26.9 Å². The van der Waals surface area contributed by atoms with E-state index in [1.807, 2.05) is 0 Å². The van der Waals surface area contributed by atoms with Gasteiger partial charge in [-0.05, 0) is 0 Å². The van der Waals surface area contributed by atoms with Crippen LogP contribution in [0.4, 0.5) is 0 Å². The molecular formula is C2H9AlSi. The first kappa shape index (κ1) is 8.83. The maximum Gasteiger partial charge on any atom is 0.146 e. The monoisotopic (exact) mass is 88.0 g/mol. The smallest absolute Gasteiger partial charge is 0.0743 e. The lowest BCUT2D eigenvalue weighted by molar-refractivity contribution is 2.14. The van der Waals surface area contributed by atoms with Gasteiger partial charge in [0, 0.05) is 9.52 Å². The van der Waals surface area contributed by atoms with Crippen LogP contribution in [0.25, 0.3) is 0 Å². The van der Waals surface area contributed by atoms with Crippen LogP contribution < -0.4 is 0 Å². The molecule has 0 saturated heterocycles. The number of hydrogen-bond donors (Lipinski definition) is 0. The van der Waals surface area contributed by atoms with Gasteiger partial charge in [0.05, 0.1) is 0 Å². The third kappa shape index (κ3) is 15.0. The Morgan fingerprint density at radius 2 is 1.25 bits per heavy atom. The predicted octanol–water partition coefficient (Wildman–Crippen LogP) is -0.397. The van der Waals surface area contributed by atoms with Gasteiger partial charge in [-0.15, -0.1) is 0 Å². The molecule has 0 spiro atoms. The van der Waals surface area contributed by atoms with E-state index in [9.17, 15) is 0 Å². The summed E-state index contributed by atoms with van der Waals surface area (Å²) in [5, 5.41) is 0. The van der Waals surface area contributed by atoms with Gasteiger partial charge in [0.1, 0.15) is 17.4 Å². The van der Waals surface area contributed by atoms with Gasteiger partial charge in [0.25, 0.3) is 0 Å². The fourth-order valence-electron chi connectivity index (χ4n) is 0. The van der Waals surface area contributed by atoms with E-state index in [0.29, 0.717) is 0 Å². The summed E-state index contributed by atoms with van der Waals surface area (Å²) < 4.78 is 0. The summed E-state index contributed by atoms with van der Waals surface area (Å²) in [5.74, 6) is 0. The molecule has 4 heavy (non-hydrogen) atoms. The first-order valence-electron chi connectivity index (χ1n) is 1.15. The average Bonchev–Trinajstić information content (AvgIpc) is 0.918. The highest BCUT2D eigenvalue weighted by molar-refractivity contribution is 6.31. The molecule has 0 aromatic heterocycles. The molecular weight excluding hydrogens is 79.1 g/mol. The molecule has 0 aromatic rings. The van der Waals surface area contributed by atoms with Crippen molar-refractivity contribution in [1.29, 1.82) is 0 Å². The second kappa shape index (κ2) is 9.26. The molecule has 0 amide bonds. The number of rotatable bonds is 0. The van der Waals surface area contributed by atoms with Crippen molar-refractivity contribution in [2.45, 2.75) is 13.1 Å². The summed E-state index contributed by atoms with van der Waals surface area (Å²) in [6, 6.07) is 0. The Bertz CT molecular complexity index is 6.00. The van der Waals surface area contributed by atoms with E-state index in [4.69, 9.17) is 0 Å². The van der Waals surface area contributed by atoms with Crippen molar-refractivity contribution in [1.82, 2.24) is 0 Å². The van der Waals surface area contributed by atoms with Gasteiger partial charge in [-0.25, -0.2) is 0 Å². The van der Waals surface area contributed by atoms with Crippen molar-refractivity contribution in [3.63, 3.8) is 0 Å². The minimum absolute atomic E-state index is 0. The third-order valence-corrected chi connectivity index (χ3v) is 0. The lowest BCUT2D eigenvalue weighted by atomic mass is 11.9. The Labute approximate surface area is 40.6 Å². The summed E-state index contributed by atoms with van der Waals surface area (Å²) in [4.78, 5) is 0. The molecule has 24 valence electrons. The summed E-state index contributed by atoms with van der Waals surface area (Å²) in [6.07, 6.45) is 0. The van der Waals surface area contributed by atoms with Crippen molar-refractivity contribution in [3.8, 4) is 0 Å². The third-order valence-electron chi connectivity index (χ3n) is 0. The largest absolute Gasteiger partial charge is 0.146 e. The standard InChI is InChI=1S/C2H7Si.Al.2H/c1-3-2;;;/h3H,1-2H3;;;. The Hall–Kier alpha value is 0.749. The molecule has 2 heteroatoms. The molecule has 0 atom stereocenters. The molecule has 0 bridgehead atoms. The zero-order chi connectivity index (χ0) is 2.71. The average molecular weight is 88.2 g/mol. The molecule has 0 fully saturated rings. The van der Waals surface area contributed by atoms with Crippen molar-refractivity contribution in [2.24, 2.45) is 0 Å². The highest BCUT2D eigenvalue weighted by Crippen LogP contribution is 1.36. The molecule has 0 saturated carbocycles. The molecule has 0 aromatic carbocycles. The van der Waals surface area contributed by atoms with E-state index in [1.165, 1.54) is 0 Å². The lowest BCUT2D eigenvalue weighted by Crippen LogP contribution is -1.53. The van der Waals surface area contributed by atoms with Crippen LogP contribution in [0.5, 0.6) is 0 Å². The van der Waals surface area contributed by atoms with Gasteiger partial charge in [0.2, 0.25) is 0 Å². The van der Waals surface area contributed by atoms with Gasteiger partial charge in [-0.1, -0.05) is 13.1 Å². The SMILES string of the molecule is C[SiH]C.[AlH2]. The Morgan fingerprint density at radius 1 is 1.25 bits per heavy atom.